The number of rotatable bonds is 7. The average molecular weight is 489 g/mol. The Bertz CT molecular complexity index is 1150. The van der Waals surface area contributed by atoms with Gasteiger partial charge in [-0.15, -0.1) is 0 Å². The predicted octanol–water partition coefficient (Wildman–Crippen LogP) is 4.60. The van der Waals surface area contributed by atoms with E-state index in [0.29, 0.717) is 11.4 Å². The molecule has 0 heterocycles. The van der Waals surface area contributed by atoms with Gasteiger partial charge in [0.1, 0.15) is 12.3 Å². The number of ether oxygens (including phenoxy) is 1. The van der Waals surface area contributed by atoms with Crippen LogP contribution in [0.3, 0.4) is 0 Å². The molecule has 0 atom stereocenters. The fourth-order valence-corrected chi connectivity index (χ4v) is 4.61. The zero-order valence-electron chi connectivity index (χ0n) is 16.5. The van der Waals surface area contributed by atoms with Crippen LogP contribution < -0.4 is 14.4 Å². The molecule has 1 N–H and O–H groups in total. The van der Waals surface area contributed by atoms with Crippen LogP contribution in [0, 0.1) is 6.92 Å². The second-order valence-electron chi connectivity index (χ2n) is 6.51. The fraction of sp³-hybridized carbons (Fsp3) is 0.136. The summed E-state index contributed by atoms with van der Waals surface area (Å²) in [5.74, 6) is -0.119. The molecule has 0 aliphatic heterocycles. The summed E-state index contributed by atoms with van der Waals surface area (Å²) in [6.45, 7) is 1.49. The minimum absolute atomic E-state index is 0.0863. The highest BCUT2D eigenvalue weighted by molar-refractivity contribution is 9.10. The van der Waals surface area contributed by atoms with Crippen molar-refractivity contribution in [3.63, 3.8) is 0 Å². The highest BCUT2D eigenvalue weighted by Crippen LogP contribution is 2.32. The SMILES string of the molecule is COc1ccccc1N(CC(=O)Nc1ccc(Br)c(C)c1)S(=O)(=O)c1ccccc1. The van der Waals surface area contributed by atoms with Crippen LogP contribution in [0.25, 0.3) is 0 Å². The molecule has 3 rings (SSSR count). The summed E-state index contributed by atoms with van der Waals surface area (Å²) in [6.07, 6.45) is 0. The van der Waals surface area contributed by atoms with Gasteiger partial charge in [0, 0.05) is 10.2 Å². The number of carbonyl (C=O) groups is 1. The predicted molar refractivity (Wildman–Crippen MR) is 121 cm³/mol. The molecule has 3 aromatic rings. The summed E-state index contributed by atoms with van der Waals surface area (Å²) in [4.78, 5) is 12.9. The third-order valence-corrected chi connectivity index (χ3v) is 7.08. The number of benzene rings is 3. The molecule has 0 aliphatic rings. The molecule has 30 heavy (non-hydrogen) atoms. The van der Waals surface area contributed by atoms with Gasteiger partial charge in [0.15, 0.2) is 0 Å². The molecule has 0 radical (unpaired) electrons. The lowest BCUT2D eigenvalue weighted by molar-refractivity contribution is -0.114. The van der Waals surface area contributed by atoms with Crippen LogP contribution in [0.2, 0.25) is 0 Å². The summed E-state index contributed by atoms with van der Waals surface area (Å²) in [6, 6.07) is 20.1. The Labute approximate surface area is 184 Å². The fourth-order valence-electron chi connectivity index (χ4n) is 2.91. The second-order valence-corrected chi connectivity index (χ2v) is 9.23. The molecule has 3 aromatic carbocycles. The Kier molecular flexibility index (Phi) is 6.79. The van der Waals surface area contributed by atoms with Gasteiger partial charge < -0.3 is 10.1 Å². The lowest BCUT2D eigenvalue weighted by atomic mass is 10.2. The van der Waals surface area contributed by atoms with Gasteiger partial charge in [0.05, 0.1) is 17.7 Å². The van der Waals surface area contributed by atoms with Crippen molar-refractivity contribution < 1.29 is 17.9 Å². The zero-order chi connectivity index (χ0) is 21.7. The van der Waals surface area contributed by atoms with Crippen LogP contribution in [-0.4, -0.2) is 28.0 Å². The average Bonchev–Trinajstić information content (AvgIpc) is 2.75. The topological polar surface area (TPSA) is 75.7 Å². The quantitative estimate of drug-likeness (QED) is 0.527. The summed E-state index contributed by atoms with van der Waals surface area (Å²) >= 11 is 3.42. The number of anilines is 2. The Balaban J connectivity index is 1.97. The summed E-state index contributed by atoms with van der Waals surface area (Å²) < 4.78 is 34.1. The first-order chi connectivity index (χ1) is 14.3. The Morgan fingerprint density at radius 3 is 2.37 bits per heavy atom. The van der Waals surface area contributed by atoms with E-state index < -0.39 is 22.5 Å². The van der Waals surface area contributed by atoms with Crippen molar-refractivity contribution in [2.24, 2.45) is 0 Å². The first-order valence-electron chi connectivity index (χ1n) is 9.09. The summed E-state index contributed by atoms with van der Waals surface area (Å²) in [5.41, 5.74) is 1.81. The molecule has 0 saturated carbocycles. The molecule has 0 unspecified atom stereocenters. The van der Waals surface area contributed by atoms with Gasteiger partial charge in [0.2, 0.25) is 5.91 Å². The lowest BCUT2D eigenvalue weighted by Crippen LogP contribution is -2.38. The van der Waals surface area contributed by atoms with E-state index in [2.05, 4.69) is 21.2 Å². The van der Waals surface area contributed by atoms with Gasteiger partial charge in [-0.3, -0.25) is 9.10 Å². The summed E-state index contributed by atoms with van der Waals surface area (Å²) in [5, 5.41) is 2.76. The van der Waals surface area contributed by atoms with E-state index in [4.69, 9.17) is 4.74 Å². The molecule has 6 nitrogen and oxygen atoms in total. The number of nitrogens with zero attached hydrogens (tertiary/aromatic N) is 1. The molecular formula is C22H21BrN2O4S. The van der Waals surface area contributed by atoms with Crippen molar-refractivity contribution in [3.05, 3.63) is 82.8 Å². The molecular weight excluding hydrogens is 468 g/mol. The minimum Gasteiger partial charge on any atom is -0.495 e. The van der Waals surface area contributed by atoms with Crippen molar-refractivity contribution in [1.82, 2.24) is 0 Å². The van der Waals surface area contributed by atoms with Crippen LogP contribution in [0.15, 0.2) is 82.2 Å². The van der Waals surface area contributed by atoms with Crippen LogP contribution in [-0.2, 0) is 14.8 Å². The first-order valence-corrected chi connectivity index (χ1v) is 11.3. The van der Waals surface area contributed by atoms with E-state index in [1.54, 1.807) is 54.6 Å². The third-order valence-electron chi connectivity index (χ3n) is 4.41. The Morgan fingerprint density at radius 1 is 1.03 bits per heavy atom. The molecule has 0 fully saturated rings. The van der Waals surface area contributed by atoms with Crippen molar-refractivity contribution in [1.29, 1.82) is 0 Å². The third kappa shape index (κ3) is 4.83. The normalized spacial score (nSPS) is 11.0. The van der Waals surface area contributed by atoms with Crippen LogP contribution >= 0.6 is 15.9 Å². The highest BCUT2D eigenvalue weighted by atomic mass is 79.9. The van der Waals surface area contributed by atoms with Gasteiger partial charge in [-0.05, 0) is 55.0 Å². The van der Waals surface area contributed by atoms with Crippen molar-refractivity contribution in [3.8, 4) is 5.75 Å². The van der Waals surface area contributed by atoms with E-state index in [1.807, 2.05) is 13.0 Å². The van der Waals surface area contributed by atoms with Crippen molar-refractivity contribution in [2.45, 2.75) is 11.8 Å². The number of sulfonamides is 1. The molecule has 0 bridgehead atoms. The number of para-hydroxylation sites is 2. The van der Waals surface area contributed by atoms with Gasteiger partial charge >= 0.3 is 0 Å². The standard InChI is InChI=1S/C22H21BrN2O4S/c1-16-14-17(12-13-19(16)23)24-22(26)15-25(20-10-6-7-11-21(20)29-2)30(27,28)18-8-4-3-5-9-18/h3-14H,15H2,1-2H3,(H,24,26). The Morgan fingerprint density at radius 2 is 1.70 bits per heavy atom. The number of aryl methyl sites for hydroxylation is 1. The molecule has 0 saturated heterocycles. The second kappa shape index (κ2) is 9.32. The van der Waals surface area contributed by atoms with Crippen LogP contribution in [0.4, 0.5) is 11.4 Å². The zero-order valence-corrected chi connectivity index (χ0v) is 18.9. The smallest absolute Gasteiger partial charge is 0.264 e. The van der Waals surface area contributed by atoms with Gasteiger partial charge in [0.25, 0.3) is 10.0 Å². The Hall–Kier alpha value is -2.84. The van der Waals surface area contributed by atoms with Gasteiger partial charge in [-0.25, -0.2) is 8.42 Å². The van der Waals surface area contributed by atoms with Crippen molar-refractivity contribution >= 4 is 43.2 Å². The van der Waals surface area contributed by atoms with E-state index in [-0.39, 0.29) is 10.6 Å². The highest BCUT2D eigenvalue weighted by Gasteiger charge is 2.29. The maximum atomic E-state index is 13.4. The van der Waals surface area contributed by atoms with E-state index in [9.17, 15) is 13.2 Å². The number of hydrogen-bond donors (Lipinski definition) is 1. The van der Waals surface area contributed by atoms with E-state index in [1.165, 1.54) is 19.2 Å². The number of carbonyl (C=O) groups excluding carboxylic acids is 1. The largest absolute Gasteiger partial charge is 0.495 e. The molecule has 156 valence electrons. The summed E-state index contributed by atoms with van der Waals surface area (Å²) in [7, 11) is -2.55. The van der Waals surface area contributed by atoms with E-state index >= 15 is 0 Å². The van der Waals surface area contributed by atoms with Gasteiger partial charge in [-0.2, -0.15) is 0 Å². The number of hydrogen-bond acceptors (Lipinski definition) is 4. The number of nitrogens with one attached hydrogen (secondary N) is 1. The minimum atomic E-state index is -4.00. The molecule has 0 aliphatic carbocycles. The van der Waals surface area contributed by atoms with Gasteiger partial charge in [-0.1, -0.05) is 46.3 Å². The van der Waals surface area contributed by atoms with Crippen molar-refractivity contribution in [2.75, 3.05) is 23.3 Å². The maximum absolute atomic E-state index is 13.4. The lowest BCUT2D eigenvalue weighted by Gasteiger charge is -2.25. The maximum Gasteiger partial charge on any atom is 0.264 e. The molecule has 0 spiro atoms. The number of halogens is 1. The number of methoxy groups -OCH3 is 1. The number of amides is 1. The van der Waals surface area contributed by atoms with E-state index in [0.717, 1.165) is 14.3 Å². The van der Waals surface area contributed by atoms with Crippen LogP contribution in [0.5, 0.6) is 5.75 Å². The van der Waals surface area contributed by atoms with Crippen LogP contribution in [0.1, 0.15) is 5.56 Å². The molecule has 1 amide bonds. The molecule has 8 heteroatoms. The monoisotopic (exact) mass is 488 g/mol. The molecule has 0 aromatic heterocycles. The first kappa shape index (κ1) is 21.9.